The van der Waals surface area contributed by atoms with Gasteiger partial charge in [0.2, 0.25) is 0 Å². The molecule has 37 nitrogen and oxygen atoms in total. The van der Waals surface area contributed by atoms with Crippen molar-refractivity contribution >= 4 is 89.0 Å². The molecule has 0 bridgehead atoms. The summed E-state index contributed by atoms with van der Waals surface area (Å²) in [6.45, 7) is 58.9. The molecule has 0 aliphatic carbocycles. The Labute approximate surface area is 859 Å². The lowest BCUT2D eigenvalue weighted by Gasteiger charge is -2.35. The molecule has 3 saturated heterocycles. The van der Waals surface area contributed by atoms with Crippen molar-refractivity contribution in [2.24, 2.45) is 63.1 Å². The van der Waals surface area contributed by atoms with Crippen LogP contribution in [0.4, 0.5) is 0 Å². The molecule has 4 rings (SSSR count). The van der Waals surface area contributed by atoms with Crippen LogP contribution in [0.1, 0.15) is 297 Å². The Morgan fingerprint density at radius 3 is 1.28 bits per heavy atom. The van der Waals surface area contributed by atoms with Crippen LogP contribution in [0, 0.1) is 63.1 Å². The number of ether oxygens (including phenoxy) is 20. The van der Waals surface area contributed by atoms with E-state index in [1.165, 1.54) is 6.92 Å². The summed E-state index contributed by atoms with van der Waals surface area (Å²) >= 11 is 5.34. The average Bonchev–Trinajstić information content (AvgIpc) is 1.45. The standard InChI is InChI=1S/C14H20O4.C12H20O5.C12H22O4.C11H18O4.C11H22O4.C10H20O4.C10H18O3.C9H17ClO3.2C8H16O3/c1-3-11(2)14(16)18-10-12(15)9-17-13-7-5-4-6-8-13;1-5-12(3,4)11(15)17-7-6-16-10(14)8-9(2)13;1-4-10(3)11(13)16-8-12(5-2)6-14-9-15-7-12;1-4-8(2)10(13)15-11(3)5-6-14-9(12)7-11;1-5-11(2,3)10(12)15-9-8-14-7-6-13-4;1-4-9(2)10(11)14-8-7-13-6-5-12-3;1-3-8(2)10(11)13-7-9-5-4-6-12-9;1-4-9(2,3)8(12)13-6-7(11)5-10;1-4-6(2)8(10)11-5-7(3)9;1-4-6(2)8(10)11-7(3)5-9/h4-8,11-12,15H,3,9-10H2,1-2H3;5-8H2,1-4H3;10H,4-9H2,1-3H3;8H,4-7H2,1-3H3;5-9H2,1-4H3;9H,4-8H2,1-3H3;8-9H,3-7H2,1-2H3;7,11H,4-6H2,1-3H3;2*6-7,9H,4-5H2,1-3H3. The van der Waals surface area contributed by atoms with Crippen molar-refractivity contribution in [2.75, 3.05) is 166 Å². The number of alkyl halides is 1. The number of Topliss-reactive ketones (excluding diaryl/α,β-unsaturated/α-hetero) is 1. The molecule has 3 aliphatic rings. The van der Waals surface area contributed by atoms with Crippen molar-refractivity contribution in [3.63, 3.8) is 0 Å². The third kappa shape index (κ3) is 79.1. The van der Waals surface area contributed by atoms with Gasteiger partial charge in [0.25, 0.3) is 0 Å². The molecule has 0 saturated carbocycles. The second-order valence-corrected chi connectivity index (χ2v) is 37.7. The minimum atomic E-state index is -0.807. The number of hydrogen-bond donors (Lipinski definition) is 4. The third-order valence-electron chi connectivity index (χ3n) is 22.9. The molecule has 1 aromatic carbocycles. The van der Waals surface area contributed by atoms with Gasteiger partial charge in [0.1, 0.15) is 115 Å². The fourth-order valence-electron chi connectivity index (χ4n) is 9.47. The van der Waals surface area contributed by atoms with Crippen LogP contribution in [-0.2, 0) is 152 Å². The highest BCUT2D eigenvalue weighted by atomic mass is 35.5. The number of cyclic esters (lactones) is 1. The number of rotatable bonds is 55. The van der Waals surface area contributed by atoms with Gasteiger partial charge in [-0.15, -0.1) is 11.6 Å². The topological polar surface area (TPSA) is 487 Å². The number of carbonyl (C=O) groups excluding carboxylic acids is 13. The third-order valence-corrected chi connectivity index (χ3v) is 23.2. The van der Waals surface area contributed by atoms with Gasteiger partial charge in [-0.2, -0.15) is 0 Å². The molecule has 13 atom stereocenters. The molecule has 13 unspecified atom stereocenters. The van der Waals surface area contributed by atoms with Crippen molar-refractivity contribution in [2.45, 2.75) is 333 Å². The maximum Gasteiger partial charge on any atom is 0.313 e. The van der Waals surface area contributed by atoms with Crippen LogP contribution >= 0.6 is 11.6 Å². The van der Waals surface area contributed by atoms with Gasteiger partial charge in [-0.25, -0.2) is 0 Å². The number of halogens is 1. The maximum absolute atomic E-state index is 11.6. The van der Waals surface area contributed by atoms with E-state index < -0.39 is 46.1 Å². The Hall–Kier alpha value is -7.82. The lowest BCUT2D eigenvalue weighted by molar-refractivity contribution is -0.188. The first-order valence-electron chi connectivity index (χ1n) is 50.5. The molecule has 0 radical (unpaired) electrons. The minimum Gasteiger partial charge on any atom is -0.491 e. The Morgan fingerprint density at radius 2 is 0.874 bits per heavy atom. The largest absolute Gasteiger partial charge is 0.491 e. The molecular formula is C105H189ClO37. The first-order chi connectivity index (χ1) is 67.1. The summed E-state index contributed by atoms with van der Waals surface area (Å²) in [6.07, 6.45) is 8.78. The van der Waals surface area contributed by atoms with Gasteiger partial charge in [-0.1, -0.05) is 143 Å². The number of ketones is 1. The van der Waals surface area contributed by atoms with Crippen molar-refractivity contribution in [1.82, 2.24) is 0 Å². The van der Waals surface area contributed by atoms with Gasteiger partial charge in [0, 0.05) is 27.2 Å². The summed E-state index contributed by atoms with van der Waals surface area (Å²) < 4.78 is 101. The molecule has 38 heteroatoms. The highest BCUT2D eigenvalue weighted by Crippen LogP contribution is 2.30. The highest BCUT2D eigenvalue weighted by molar-refractivity contribution is 6.18. The minimum absolute atomic E-state index is 0.0152. The number of esters is 12. The normalized spacial score (nSPS) is 16.7. The second-order valence-electron chi connectivity index (χ2n) is 37.4. The molecule has 3 heterocycles. The summed E-state index contributed by atoms with van der Waals surface area (Å²) in [5, 5.41) is 36.0. The van der Waals surface area contributed by atoms with Crippen LogP contribution < -0.4 is 4.74 Å². The average molecular weight is 2080 g/mol. The first-order valence-corrected chi connectivity index (χ1v) is 51.1. The number of hydrogen-bond acceptors (Lipinski definition) is 37. The number of aliphatic hydroxyl groups excluding tert-OH is 4. The Bertz CT molecular complexity index is 3470. The van der Waals surface area contributed by atoms with Crippen molar-refractivity contribution in [3.8, 4) is 5.75 Å². The number of benzene rings is 1. The molecule has 143 heavy (non-hydrogen) atoms. The lowest BCUT2D eigenvalue weighted by Crippen LogP contribution is -2.41. The zero-order valence-corrected chi connectivity index (χ0v) is 93.3. The summed E-state index contributed by atoms with van der Waals surface area (Å²) in [7, 11) is 3.24. The van der Waals surface area contributed by atoms with E-state index in [0.717, 1.165) is 77.2 Å². The van der Waals surface area contributed by atoms with E-state index in [-0.39, 0.29) is 195 Å². The van der Waals surface area contributed by atoms with E-state index in [1.807, 2.05) is 157 Å². The van der Waals surface area contributed by atoms with Gasteiger partial charge >= 0.3 is 71.6 Å². The fourth-order valence-corrected chi connectivity index (χ4v) is 9.56. The van der Waals surface area contributed by atoms with Gasteiger partial charge in [-0.05, 0) is 165 Å². The SMILES string of the molecule is CCC(C)(C)C(=O)OCC(O)CCl.CCC(C)(C)C(=O)OCCOC(=O)CC(C)=O.CCC(C)(C)C(=O)OCCOCCOC.CCC(C)C(=O)OC(C)CO.CCC(C)C(=O)OC1(C)CCOC(=O)C1.CCC(C)C(=O)OCC(C)O.CCC(C)C(=O)OCC(O)COc1ccccc1.CCC(C)C(=O)OCC1(CC)COCOC1.CCC(C)C(=O)OCC1CCCO1.CCC(C)C(=O)OCCOCCOC. The van der Waals surface area contributed by atoms with Gasteiger partial charge in [0.05, 0.1) is 154 Å². The van der Waals surface area contributed by atoms with Crippen LogP contribution in [-0.4, -0.2) is 300 Å². The summed E-state index contributed by atoms with van der Waals surface area (Å²) in [5.74, 6) is -2.88. The fraction of sp³-hybridized carbons (Fsp3) is 0.819. The van der Waals surface area contributed by atoms with Crippen LogP contribution in [0.2, 0.25) is 0 Å². The molecule has 838 valence electrons. The van der Waals surface area contributed by atoms with Crippen molar-refractivity contribution in [1.29, 1.82) is 0 Å². The first kappa shape index (κ1) is 146. The number of aliphatic hydroxyl groups is 4. The maximum atomic E-state index is 11.6. The number of methoxy groups -OCH3 is 2. The van der Waals surface area contributed by atoms with E-state index in [0.29, 0.717) is 118 Å². The predicted molar refractivity (Wildman–Crippen MR) is 540 cm³/mol. The van der Waals surface area contributed by atoms with Gasteiger partial charge < -0.3 is 115 Å². The zero-order valence-electron chi connectivity index (χ0n) is 92.5. The van der Waals surface area contributed by atoms with Crippen LogP contribution in [0.5, 0.6) is 5.75 Å². The molecule has 0 amide bonds. The Balaban J connectivity index is -0.000000366. The molecule has 1 aromatic rings. The van der Waals surface area contributed by atoms with Crippen LogP contribution in [0.25, 0.3) is 0 Å². The quantitative estimate of drug-likeness (QED) is 0.0155. The number of carbonyl (C=O) groups is 13. The highest BCUT2D eigenvalue weighted by Gasteiger charge is 2.38. The molecule has 3 aliphatic heterocycles. The predicted octanol–water partition coefficient (Wildman–Crippen LogP) is 15.3. The summed E-state index contributed by atoms with van der Waals surface area (Å²) in [4.78, 5) is 146. The van der Waals surface area contributed by atoms with Crippen molar-refractivity contribution in [3.05, 3.63) is 30.3 Å². The van der Waals surface area contributed by atoms with E-state index in [4.69, 9.17) is 122 Å². The Kier molecular flexibility index (Phi) is 90.1. The monoisotopic (exact) mass is 2080 g/mol. The second kappa shape index (κ2) is 88.3. The van der Waals surface area contributed by atoms with Gasteiger partial charge in [0.15, 0.2) is 0 Å². The van der Waals surface area contributed by atoms with E-state index >= 15 is 0 Å². The summed E-state index contributed by atoms with van der Waals surface area (Å²) in [5.41, 5.74) is -2.22. The van der Waals surface area contributed by atoms with E-state index in [2.05, 4.69) is 6.92 Å². The summed E-state index contributed by atoms with van der Waals surface area (Å²) in [6, 6.07) is 9.20. The van der Waals surface area contributed by atoms with Gasteiger partial charge in [-0.3, -0.25) is 62.3 Å². The molecule has 0 spiro atoms. The van der Waals surface area contributed by atoms with Crippen LogP contribution in [0.3, 0.4) is 0 Å². The molecular weight excluding hydrogens is 1890 g/mol. The molecule has 3 fully saturated rings. The molecule has 0 aromatic heterocycles. The Morgan fingerprint density at radius 1 is 0.476 bits per heavy atom. The van der Waals surface area contributed by atoms with E-state index in [9.17, 15) is 67.4 Å². The lowest BCUT2D eigenvalue weighted by atomic mass is 9.87. The van der Waals surface area contributed by atoms with Crippen molar-refractivity contribution < 1.29 is 177 Å². The van der Waals surface area contributed by atoms with E-state index in [1.54, 1.807) is 67.9 Å². The molecule has 4 N–H and O–H groups in total. The zero-order chi connectivity index (χ0) is 111. The van der Waals surface area contributed by atoms with Crippen LogP contribution in [0.15, 0.2) is 30.3 Å². The number of para-hydroxylation sites is 1. The smallest absolute Gasteiger partial charge is 0.313 e.